The lowest BCUT2D eigenvalue weighted by Crippen LogP contribution is -2.33. The maximum absolute atomic E-state index is 13.2. The summed E-state index contributed by atoms with van der Waals surface area (Å²) in [4.78, 5) is 44.6. The van der Waals surface area contributed by atoms with E-state index in [2.05, 4.69) is 10.3 Å². The Morgan fingerprint density at radius 2 is 2.13 bits per heavy atom. The topological polar surface area (TPSA) is 90.3 Å². The second kappa shape index (κ2) is 8.39. The number of rotatable bonds is 6. The number of nitrogens with one attached hydrogen (secondary N) is 1. The summed E-state index contributed by atoms with van der Waals surface area (Å²) < 4.78 is 6.44. The zero-order valence-corrected chi connectivity index (χ0v) is 17.8. The quantitative estimate of drug-likeness (QED) is 0.608. The molecule has 1 unspecified atom stereocenters. The molecule has 0 aliphatic heterocycles. The molecular formula is C22H23N3O4S. The number of carbonyl (C=O) groups is 2. The summed E-state index contributed by atoms with van der Waals surface area (Å²) in [5.74, 6) is -0.772. The van der Waals surface area contributed by atoms with E-state index in [9.17, 15) is 14.4 Å². The van der Waals surface area contributed by atoms with Gasteiger partial charge in [-0.2, -0.15) is 0 Å². The highest BCUT2D eigenvalue weighted by atomic mass is 32.1. The van der Waals surface area contributed by atoms with E-state index in [1.54, 1.807) is 42.5 Å². The predicted molar refractivity (Wildman–Crippen MR) is 116 cm³/mol. The van der Waals surface area contributed by atoms with E-state index < -0.39 is 12.0 Å². The molecule has 0 saturated carbocycles. The Bertz CT molecular complexity index is 1180. The Balaban J connectivity index is 1.62. The van der Waals surface area contributed by atoms with Gasteiger partial charge in [-0.1, -0.05) is 13.0 Å². The number of aryl methyl sites for hydroxylation is 2. The van der Waals surface area contributed by atoms with Gasteiger partial charge in [0.05, 0.1) is 23.9 Å². The second-order valence-electron chi connectivity index (χ2n) is 7.21. The zero-order valence-electron chi connectivity index (χ0n) is 16.9. The van der Waals surface area contributed by atoms with Gasteiger partial charge in [0.2, 0.25) is 5.91 Å². The summed E-state index contributed by atoms with van der Waals surface area (Å²) in [6.45, 7) is 3.87. The van der Waals surface area contributed by atoms with Crippen LogP contribution in [0, 0.1) is 0 Å². The number of hydrogen-bond acceptors (Lipinski definition) is 6. The van der Waals surface area contributed by atoms with Crippen LogP contribution >= 0.6 is 11.3 Å². The maximum Gasteiger partial charge on any atom is 0.338 e. The number of fused-ring (bicyclic) bond motifs is 3. The van der Waals surface area contributed by atoms with Gasteiger partial charge in [-0.05, 0) is 56.4 Å². The number of ether oxygens (including phenoxy) is 1. The van der Waals surface area contributed by atoms with Crippen LogP contribution in [0.5, 0.6) is 0 Å². The van der Waals surface area contributed by atoms with Crippen molar-refractivity contribution in [2.75, 3.05) is 11.9 Å². The van der Waals surface area contributed by atoms with Crippen molar-refractivity contribution < 1.29 is 14.3 Å². The van der Waals surface area contributed by atoms with Crippen LogP contribution in [0.3, 0.4) is 0 Å². The molecule has 0 bridgehead atoms. The Labute approximate surface area is 177 Å². The van der Waals surface area contributed by atoms with Crippen molar-refractivity contribution in [1.29, 1.82) is 0 Å². The number of benzene rings is 1. The molecule has 8 heteroatoms. The van der Waals surface area contributed by atoms with Gasteiger partial charge in [0.25, 0.3) is 5.56 Å². The Morgan fingerprint density at radius 1 is 1.30 bits per heavy atom. The Morgan fingerprint density at radius 3 is 2.90 bits per heavy atom. The molecule has 0 saturated heterocycles. The van der Waals surface area contributed by atoms with Crippen molar-refractivity contribution >= 4 is 39.1 Å². The van der Waals surface area contributed by atoms with Gasteiger partial charge in [-0.15, -0.1) is 11.3 Å². The molecular weight excluding hydrogens is 402 g/mol. The lowest BCUT2D eigenvalue weighted by Gasteiger charge is -2.18. The highest BCUT2D eigenvalue weighted by molar-refractivity contribution is 7.18. The minimum Gasteiger partial charge on any atom is -0.462 e. The lowest BCUT2D eigenvalue weighted by atomic mass is 10.1. The van der Waals surface area contributed by atoms with Gasteiger partial charge in [0, 0.05) is 10.6 Å². The van der Waals surface area contributed by atoms with Gasteiger partial charge < -0.3 is 10.1 Å². The van der Waals surface area contributed by atoms with Gasteiger partial charge in [0.1, 0.15) is 10.9 Å². The van der Waals surface area contributed by atoms with Crippen LogP contribution in [0.4, 0.5) is 5.69 Å². The van der Waals surface area contributed by atoms with Crippen molar-refractivity contribution in [2.45, 2.75) is 45.6 Å². The first kappa shape index (κ1) is 20.3. The van der Waals surface area contributed by atoms with Gasteiger partial charge >= 0.3 is 5.97 Å². The van der Waals surface area contributed by atoms with E-state index in [1.165, 1.54) is 15.8 Å². The van der Waals surface area contributed by atoms with Crippen LogP contribution in [0.1, 0.15) is 53.5 Å². The first-order chi connectivity index (χ1) is 14.5. The fourth-order valence-corrected chi connectivity index (χ4v) is 5.11. The van der Waals surface area contributed by atoms with Crippen LogP contribution in [-0.4, -0.2) is 28.0 Å². The average molecular weight is 426 g/mol. The molecule has 3 aromatic rings. The normalized spacial score (nSPS) is 13.8. The summed E-state index contributed by atoms with van der Waals surface area (Å²) in [7, 11) is 0. The van der Waals surface area contributed by atoms with Crippen molar-refractivity contribution in [3.05, 3.63) is 57.0 Å². The summed E-state index contributed by atoms with van der Waals surface area (Å²) in [5.41, 5.74) is 1.76. The second-order valence-corrected chi connectivity index (χ2v) is 8.29. The lowest BCUT2D eigenvalue weighted by molar-refractivity contribution is -0.119. The fourth-order valence-electron chi connectivity index (χ4n) is 3.89. The minimum atomic E-state index is -0.697. The first-order valence-corrected chi connectivity index (χ1v) is 10.9. The van der Waals surface area contributed by atoms with E-state index in [-0.39, 0.29) is 18.1 Å². The maximum atomic E-state index is 13.2. The summed E-state index contributed by atoms with van der Waals surface area (Å²) >= 11 is 1.58. The third kappa shape index (κ3) is 3.63. The van der Waals surface area contributed by atoms with E-state index in [4.69, 9.17) is 4.74 Å². The number of anilines is 1. The molecule has 0 spiro atoms. The molecule has 4 rings (SSSR count). The molecule has 30 heavy (non-hydrogen) atoms. The third-order valence-electron chi connectivity index (χ3n) is 5.32. The largest absolute Gasteiger partial charge is 0.462 e. The number of nitrogens with zero attached hydrogens (tertiary/aromatic N) is 2. The van der Waals surface area contributed by atoms with Crippen molar-refractivity contribution in [2.24, 2.45) is 0 Å². The number of hydrogen-bond donors (Lipinski definition) is 1. The molecule has 1 aromatic carbocycles. The Kier molecular flexibility index (Phi) is 5.67. The predicted octanol–water partition coefficient (Wildman–Crippen LogP) is 3.71. The fraction of sp³-hybridized carbons (Fsp3) is 0.364. The zero-order chi connectivity index (χ0) is 21.3. The summed E-state index contributed by atoms with van der Waals surface area (Å²) in [6.07, 6.45) is 4.84. The molecule has 2 aromatic heterocycles. The van der Waals surface area contributed by atoms with Crippen LogP contribution in [0.15, 0.2) is 35.4 Å². The molecule has 1 aliphatic rings. The minimum absolute atomic E-state index is 0.165. The standard InChI is InChI=1S/C22H23N3O4S/c1-3-16(19(26)24-14-8-5-7-13(11-14)22(28)29-4-2)25-12-23-20-18(21(25)27)15-9-6-10-17(15)30-20/h5,7-8,11-12,16H,3-4,6,9-10H2,1-2H3,(H,24,26). The highest BCUT2D eigenvalue weighted by Gasteiger charge is 2.25. The third-order valence-corrected chi connectivity index (χ3v) is 6.52. The highest BCUT2D eigenvalue weighted by Crippen LogP contribution is 2.34. The molecule has 156 valence electrons. The molecule has 7 nitrogen and oxygen atoms in total. The molecule has 1 atom stereocenters. The monoisotopic (exact) mass is 425 g/mol. The van der Waals surface area contributed by atoms with E-state index in [1.807, 2.05) is 6.92 Å². The SMILES string of the molecule is CCOC(=O)c1cccc(NC(=O)C(CC)n2cnc3sc4c(c3c2=O)CCC4)c1. The molecule has 0 fully saturated rings. The molecule has 1 amide bonds. The first-order valence-electron chi connectivity index (χ1n) is 10.1. The molecule has 1 aliphatic carbocycles. The van der Waals surface area contributed by atoms with Crippen LogP contribution in [0.2, 0.25) is 0 Å². The summed E-state index contributed by atoms with van der Waals surface area (Å²) in [5, 5.41) is 3.48. The average Bonchev–Trinajstić information content (AvgIpc) is 3.32. The number of thiophene rings is 1. The van der Waals surface area contributed by atoms with E-state index in [0.29, 0.717) is 23.1 Å². The van der Waals surface area contributed by atoms with Crippen LogP contribution in [-0.2, 0) is 22.4 Å². The van der Waals surface area contributed by atoms with E-state index >= 15 is 0 Å². The number of esters is 1. The summed E-state index contributed by atoms with van der Waals surface area (Å²) in [6, 6.07) is 5.88. The Hall–Kier alpha value is -3.00. The van der Waals surface area contributed by atoms with Crippen LogP contribution in [0.25, 0.3) is 10.2 Å². The van der Waals surface area contributed by atoms with Gasteiger partial charge in [-0.3, -0.25) is 14.2 Å². The van der Waals surface area contributed by atoms with Gasteiger partial charge in [-0.25, -0.2) is 9.78 Å². The van der Waals surface area contributed by atoms with Crippen molar-refractivity contribution in [1.82, 2.24) is 9.55 Å². The molecule has 0 radical (unpaired) electrons. The van der Waals surface area contributed by atoms with Gasteiger partial charge in [0.15, 0.2) is 0 Å². The number of amides is 1. The molecule has 2 heterocycles. The van der Waals surface area contributed by atoms with Crippen molar-refractivity contribution in [3.8, 4) is 0 Å². The van der Waals surface area contributed by atoms with Crippen molar-refractivity contribution in [3.63, 3.8) is 0 Å². The molecule has 1 N–H and O–H groups in total. The smallest absolute Gasteiger partial charge is 0.338 e. The number of carbonyl (C=O) groups excluding carboxylic acids is 2. The van der Waals surface area contributed by atoms with E-state index in [0.717, 1.165) is 29.7 Å². The van der Waals surface area contributed by atoms with Crippen LogP contribution < -0.4 is 10.9 Å². The number of aromatic nitrogens is 2.